The Kier molecular flexibility index (Phi) is 7.47. The third-order valence-corrected chi connectivity index (χ3v) is 6.66. The molecule has 0 aliphatic rings. The molecular formula is C26H19ClFN7O2S. The minimum atomic E-state index is -0.906. The minimum absolute atomic E-state index is 0.249. The molecule has 0 aliphatic carbocycles. The van der Waals surface area contributed by atoms with Crippen molar-refractivity contribution in [2.75, 3.05) is 5.32 Å². The lowest BCUT2D eigenvalue weighted by Crippen LogP contribution is -2.44. The Morgan fingerprint density at radius 1 is 1.11 bits per heavy atom. The van der Waals surface area contributed by atoms with E-state index in [2.05, 4.69) is 31.1 Å². The molecule has 38 heavy (non-hydrogen) atoms. The van der Waals surface area contributed by atoms with E-state index in [-0.39, 0.29) is 12.2 Å². The van der Waals surface area contributed by atoms with Gasteiger partial charge in [0.05, 0.1) is 15.9 Å². The van der Waals surface area contributed by atoms with Crippen molar-refractivity contribution in [1.82, 2.24) is 30.5 Å². The van der Waals surface area contributed by atoms with Crippen LogP contribution in [0.25, 0.3) is 22.0 Å². The van der Waals surface area contributed by atoms with Gasteiger partial charge in [-0.3, -0.25) is 9.59 Å². The summed E-state index contributed by atoms with van der Waals surface area (Å²) in [4.78, 5) is 30.5. The molecule has 5 aromatic rings. The van der Waals surface area contributed by atoms with Gasteiger partial charge in [0.25, 0.3) is 0 Å². The first-order valence-electron chi connectivity index (χ1n) is 11.4. The molecule has 0 saturated carbocycles. The second kappa shape index (κ2) is 11.3. The molecule has 2 N–H and O–H groups in total. The molecule has 1 atom stereocenters. The lowest BCUT2D eigenvalue weighted by molar-refractivity contribution is -0.123. The molecule has 2 amide bonds. The van der Waals surface area contributed by atoms with Crippen molar-refractivity contribution in [3.05, 3.63) is 101 Å². The average Bonchev–Trinajstić information content (AvgIpc) is 3.57. The van der Waals surface area contributed by atoms with Crippen molar-refractivity contribution in [2.45, 2.75) is 12.5 Å². The molecule has 0 fully saturated rings. The highest BCUT2D eigenvalue weighted by Crippen LogP contribution is 2.26. The van der Waals surface area contributed by atoms with Crippen LogP contribution in [0.3, 0.4) is 0 Å². The quantitative estimate of drug-likeness (QED) is 0.277. The molecule has 2 aromatic heterocycles. The second-order valence-corrected chi connectivity index (χ2v) is 9.63. The monoisotopic (exact) mass is 547 g/mol. The van der Waals surface area contributed by atoms with Crippen LogP contribution in [-0.4, -0.2) is 43.0 Å². The third-order valence-electron chi connectivity index (χ3n) is 5.50. The van der Waals surface area contributed by atoms with Gasteiger partial charge in [-0.25, -0.2) is 9.37 Å². The highest BCUT2D eigenvalue weighted by Gasteiger charge is 2.22. The number of carbonyl (C=O) groups is 2. The van der Waals surface area contributed by atoms with Crippen LogP contribution in [0.4, 0.5) is 9.52 Å². The predicted molar refractivity (Wildman–Crippen MR) is 143 cm³/mol. The summed E-state index contributed by atoms with van der Waals surface area (Å²) in [5, 5.41) is 17.5. The maximum atomic E-state index is 13.6. The molecular weight excluding hydrogens is 529 g/mol. The number of tetrazole rings is 1. The first-order chi connectivity index (χ1) is 18.4. The van der Waals surface area contributed by atoms with Crippen LogP contribution in [0.2, 0.25) is 5.02 Å². The molecule has 2 heterocycles. The molecule has 0 aliphatic heterocycles. The van der Waals surface area contributed by atoms with Gasteiger partial charge in [-0.05, 0) is 58.5 Å². The second-order valence-electron chi connectivity index (χ2n) is 8.16. The Labute approximate surface area is 225 Å². The summed E-state index contributed by atoms with van der Waals surface area (Å²) in [7, 11) is 0. The number of halogens is 2. The summed E-state index contributed by atoms with van der Waals surface area (Å²) in [6.07, 6.45) is 4.55. The Bertz CT molecular complexity index is 1620. The Morgan fingerprint density at radius 2 is 1.95 bits per heavy atom. The fourth-order valence-corrected chi connectivity index (χ4v) is 4.80. The van der Waals surface area contributed by atoms with Crippen molar-refractivity contribution < 1.29 is 14.0 Å². The van der Waals surface area contributed by atoms with Crippen LogP contribution in [0.15, 0.2) is 79.1 Å². The molecule has 0 spiro atoms. The van der Waals surface area contributed by atoms with Gasteiger partial charge in [0, 0.05) is 23.1 Å². The van der Waals surface area contributed by atoms with Gasteiger partial charge in [0.1, 0.15) is 18.2 Å². The maximum absolute atomic E-state index is 13.6. The van der Waals surface area contributed by atoms with Gasteiger partial charge >= 0.3 is 0 Å². The Morgan fingerprint density at radius 3 is 2.74 bits per heavy atom. The fraction of sp³-hybridized carbons (Fsp3) is 0.0769. The van der Waals surface area contributed by atoms with Crippen LogP contribution in [0, 0.1) is 5.82 Å². The number of fused-ring (bicyclic) bond motifs is 1. The van der Waals surface area contributed by atoms with Crippen molar-refractivity contribution in [3.8, 4) is 5.69 Å². The van der Waals surface area contributed by atoms with E-state index in [0.29, 0.717) is 31.6 Å². The SMILES string of the molecule is O=C(/C=C/c1cc(Cl)ccc1-n1cnnn1)N[C@@H](Cc1ccccc1)C(=O)Nc1nc2ccc(F)cc2s1. The largest absolute Gasteiger partial charge is 0.340 e. The lowest BCUT2D eigenvalue weighted by atomic mass is 10.1. The summed E-state index contributed by atoms with van der Waals surface area (Å²) in [6.45, 7) is 0. The number of hydrogen-bond donors (Lipinski definition) is 2. The molecule has 190 valence electrons. The number of hydrogen-bond acceptors (Lipinski definition) is 7. The number of anilines is 1. The fourth-order valence-electron chi connectivity index (χ4n) is 3.73. The van der Waals surface area contributed by atoms with Crippen LogP contribution in [-0.2, 0) is 16.0 Å². The van der Waals surface area contributed by atoms with Crippen LogP contribution < -0.4 is 10.6 Å². The number of thiazole rings is 1. The van der Waals surface area contributed by atoms with Crippen molar-refractivity contribution >= 4 is 56.2 Å². The van der Waals surface area contributed by atoms with E-state index in [1.54, 1.807) is 30.3 Å². The lowest BCUT2D eigenvalue weighted by Gasteiger charge is -2.17. The first kappa shape index (κ1) is 25.2. The van der Waals surface area contributed by atoms with E-state index in [9.17, 15) is 14.0 Å². The van der Waals surface area contributed by atoms with E-state index in [4.69, 9.17) is 11.6 Å². The average molecular weight is 548 g/mol. The zero-order valence-corrected chi connectivity index (χ0v) is 21.2. The van der Waals surface area contributed by atoms with Crippen molar-refractivity contribution in [1.29, 1.82) is 0 Å². The minimum Gasteiger partial charge on any atom is -0.340 e. The topological polar surface area (TPSA) is 115 Å². The molecule has 9 nitrogen and oxygen atoms in total. The third kappa shape index (κ3) is 6.07. The molecule has 3 aromatic carbocycles. The maximum Gasteiger partial charge on any atom is 0.249 e. The Balaban J connectivity index is 1.35. The van der Waals surface area contributed by atoms with Crippen LogP contribution in [0.1, 0.15) is 11.1 Å². The molecule has 5 rings (SSSR count). The number of nitrogens with zero attached hydrogens (tertiary/aromatic N) is 5. The number of aromatic nitrogens is 5. The molecule has 0 unspecified atom stereocenters. The number of benzene rings is 3. The van der Waals surface area contributed by atoms with Gasteiger partial charge in [0.15, 0.2) is 5.13 Å². The summed E-state index contributed by atoms with van der Waals surface area (Å²) in [6, 6.07) is 17.7. The molecule has 0 saturated heterocycles. The van der Waals surface area contributed by atoms with Gasteiger partial charge in [-0.2, -0.15) is 4.68 Å². The van der Waals surface area contributed by atoms with E-state index >= 15 is 0 Å². The zero-order chi connectivity index (χ0) is 26.5. The summed E-state index contributed by atoms with van der Waals surface area (Å²) in [5.41, 5.74) is 2.65. The number of amides is 2. The normalized spacial score (nSPS) is 12.1. The zero-order valence-electron chi connectivity index (χ0n) is 19.6. The van der Waals surface area contributed by atoms with Gasteiger partial charge in [0.2, 0.25) is 11.8 Å². The summed E-state index contributed by atoms with van der Waals surface area (Å²) < 4.78 is 15.6. The van der Waals surface area contributed by atoms with E-state index in [1.807, 2.05) is 30.3 Å². The van der Waals surface area contributed by atoms with Crippen molar-refractivity contribution in [3.63, 3.8) is 0 Å². The summed E-state index contributed by atoms with van der Waals surface area (Å²) >= 11 is 7.30. The molecule has 0 bridgehead atoms. The van der Waals surface area contributed by atoms with Gasteiger partial charge in [-0.15, -0.1) is 5.10 Å². The van der Waals surface area contributed by atoms with Crippen LogP contribution >= 0.6 is 22.9 Å². The highest BCUT2D eigenvalue weighted by atomic mass is 35.5. The van der Waals surface area contributed by atoms with Crippen LogP contribution in [0.5, 0.6) is 0 Å². The predicted octanol–water partition coefficient (Wildman–Crippen LogP) is 4.44. The van der Waals surface area contributed by atoms with Crippen molar-refractivity contribution in [2.24, 2.45) is 0 Å². The number of rotatable bonds is 8. The van der Waals surface area contributed by atoms with E-state index in [0.717, 1.165) is 16.9 Å². The van der Waals surface area contributed by atoms with Gasteiger partial charge < -0.3 is 10.6 Å². The number of nitrogens with one attached hydrogen (secondary N) is 2. The first-order valence-corrected chi connectivity index (χ1v) is 12.6. The summed E-state index contributed by atoms with van der Waals surface area (Å²) in [5.74, 6) is -1.33. The highest BCUT2D eigenvalue weighted by molar-refractivity contribution is 7.22. The van der Waals surface area contributed by atoms with E-state index < -0.39 is 17.9 Å². The standard InChI is InChI=1S/C26H19ClFN7O2S/c27-18-7-10-22(35-15-29-33-34-35)17(13-18)6-11-24(36)30-21(12-16-4-2-1-3-5-16)25(37)32-26-31-20-9-8-19(28)14-23(20)38-26/h1-11,13-15,21H,12H2,(H,30,36)(H,31,32,37)/b11-6+/t21-/m0/s1. The Hall–Kier alpha value is -4.48. The van der Waals surface area contributed by atoms with Gasteiger partial charge in [-0.1, -0.05) is 53.3 Å². The number of carbonyl (C=O) groups excluding carboxylic acids is 2. The molecule has 12 heteroatoms. The van der Waals surface area contributed by atoms with E-state index in [1.165, 1.54) is 29.2 Å². The molecule has 0 radical (unpaired) electrons. The smallest absolute Gasteiger partial charge is 0.249 e.